The number of aromatic nitrogens is 2. The summed E-state index contributed by atoms with van der Waals surface area (Å²) in [4.78, 5) is 23.3. The predicted molar refractivity (Wildman–Crippen MR) is 76.0 cm³/mol. The SMILES string of the molecule is Nc1nc(N2CCCC2)nc(N2CCCC2)c1[N+](=O)[O-]. The third kappa shape index (κ3) is 2.21. The molecule has 108 valence electrons. The van der Waals surface area contributed by atoms with Crippen LogP contribution in [0.15, 0.2) is 0 Å². The van der Waals surface area contributed by atoms with Crippen molar-refractivity contribution in [2.45, 2.75) is 25.7 Å². The zero-order chi connectivity index (χ0) is 14.1. The van der Waals surface area contributed by atoms with Crippen LogP contribution >= 0.6 is 0 Å². The molecule has 0 atom stereocenters. The molecule has 1 aromatic rings. The van der Waals surface area contributed by atoms with Crippen LogP contribution in [-0.2, 0) is 0 Å². The van der Waals surface area contributed by atoms with E-state index in [9.17, 15) is 10.1 Å². The average Bonchev–Trinajstić information content (AvgIpc) is 3.11. The quantitative estimate of drug-likeness (QED) is 0.654. The Morgan fingerprint density at radius 2 is 1.55 bits per heavy atom. The van der Waals surface area contributed by atoms with Gasteiger partial charge in [-0.25, -0.2) is 0 Å². The summed E-state index contributed by atoms with van der Waals surface area (Å²) in [6.07, 6.45) is 4.25. The van der Waals surface area contributed by atoms with Gasteiger partial charge in [-0.15, -0.1) is 0 Å². The number of nitrogens with two attached hydrogens (primary N) is 1. The summed E-state index contributed by atoms with van der Waals surface area (Å²) in [6.45, 7) is 3.35. The van der Waals surface area contributed by atoms with E-state index >= 15 is 0 Å². The lowest BCUT2D eigenvalue weighted by atomic mass is 10.4. The van der Waals surface area contributed by atoms with Crippen LogP contribution in [0.5, 0.6) is 0 Å². The van der Waals surface area contributed by atoms with Crippen molar-refractivity contribution < 1.29 is 4.92 Å². The molecule has 3 heterocycles. The molecule has 2 N–H and O–H groups in total. The van der Waals surface area contributed by atoms with Crippen molar-refractivity contribution in [2.24, 2.45) is 0 Å². The van der Waals surface area contributed by atoms with Crippen LogP contribution in [0.4, 0.5) is 23.3 Å². The summed E-state index contributed by atoms with van der Waals surface area (Å²) in [7, 11) is 0. The smallest absolute Gasteiger partial charge is 0.353 e. The Bertz CT molecular complexity index is 523. The summed E-state index contributed by atoms with van der Waals surface area (Å²) in [5, 5.41) is 11.2. The summed E-state index contributed by atoms with van der Waals surface area (Å²) in [5.74, 6) is 0.864. The van der Waals surface area contributed by atoms with E-state index in [0.717, 1.165) is 51.9 Å². The lowest BCUT2D eigenvalue weighted by Gasteiger charge is -2.20. The predicted octanol–water partition coefficient (Wildman–Crippen LogP) is 1.17. The van der Waals surface area contributed by atoms with Gasteiger partial charge in [-0.1, -0.05) is 0 Å². The van der Waals surface area contributed by atoms with Crippen LogP contribution in [0, 0.1) is 10.1 Å². The molecule has 0 aliphatic carbocycles. The van der Waals surface area contributed by atoms with Gasteiger partial charge in [0.2, 0.25) is 17.6 Å². The molecule has 2 aliphatic rings. The largest absolute Gasteiger partial charge is 0.378 e. The van der Waals surface area contributed by atoms with E-state index in [-0.39, 0.29) is 11.5 Å². The summed E-state index contributed by atoms with van der Waals surface area (Å²) in [6, 6.07) is 0. The number of nitro groups is 1. The highest BCUT2D eigenvalue weighted by Gasteiger charge is 2.30. The maximum atomic E-state index is 11.2. The number of hydrogen-bond acceptors (Lipinski definition) is 7. The van der Waals surface area contributed by atoms with Gasteiger partial charge in [-0.2, -0.15) is 9.97 Å². The van der Waals surface area contributed by atoms with Gasteiger partial charge >= 0.3 is 5.69 Å². The fraction of sp³-hybridized carbons (Fsp3) is 0.667. The molecular formula is C12H18N6O2. The van der Waals surface area contributed by atoms with E-state index in [2.05, 4.69) is 9.97 Å². The lowest BCUT2D eigenvalue weighted by molar-refractivity contribution is -0.383. The molecule has 0 aromatic carbocycles. The highest BCUT2D eigenvalue weighted by molar-refractivity contribution is 5.71. The van der Waals surface area contributed by atoms with E-state index < -0.39 is 4.92 Å². The van der Waals surface area contributed by atoms with Crippen molar-refractivity contribution in [1.29, 1.82) is 0 Å². The van der Waals surface area contributed by atoms with Crippen LogP contribution in [0.3, 0.4) is 0 Å². The van der Waals surface area contributed by atoms with Gasteiger partial charge in [0.25, 0.3) is 0 Å². The van der Waals surface area contributed by atoms with E-state index in [0.29, 0.717) is 11.8 Å². The molecule has 8 heteroatoms. The fourth-order valence-electron chi connectivity index (χ4n) is 2.83. The molecule has 0 unspecified atom stereocenters. The Kier molecular flexibility index (Phi) is 3.29. The molecule has 2 fully saturated rings. The third-order valence-electron chi connectivity index (χ3n) is 3.86. The topological polar surface area (TPSA) is 101 Å². The summed E-state index contributed by atoms with van der Waals surface area (Å²) in [5.41, 5.74) is 5.65. The van der Waals surface area contributed by atoms with E-state index in [1.807, 2.05) is 9.80 Å². The first-order chi connectivity index (χ1) is 9.66. The lowest BCUT2D eigenvalue weighted by Crippen LogP contribution is -2.25. The van der Waals surface area contributed by atoms with Gasteiger partial charge in [-0.05, 0) is 25.7 Å². The van der Waals surface area contributed by atoms with Crippen molar-refractivity contribution in [2.75, 3.05) is 41.7 Å². The van der Waals surface area contributed by atoms with Gasteiger partial charge in [0.05, 0.1) is 4.92 Å². The monoisotopic (exact) mass is 278 g/mol. The molecule has 0 bridgehead atoms. The first-order valence-corrected chi connectivity index (χ1v) is 6.98. The third-order valence-corrected chi connectivity index (χ3v) is 3.86. The maximum Gasteiger partial charge on any atom is 0.353 e. The molecule has 0 saturated carbocycles. The standard InChI is InChI=1S/C12H18N6O2/c13-10-9(18(19)20)11(16-5-1-2-6-16)15-12(14-10)17-7-3-4-8-17/h1-8H2,(H2,13,14,15). The van der Waals surface area contributed by atoms with Gasteiger partial charge in [0, 0.05) is 26.2 Å². The average molecular weight is 278 g/mol. The fourth-order valence-corrected chi connectivity index (χ4v) is 2.83. The Hall–Kier alpha value is -2.12. The van der Waals surface area contributed by atoms with E-state index in [1.165, 1.54) is 0 Å². The second kappa shape index (κ2) is 5.10. The molecule has 8 nitrogen and oxygen atoms in total. The van der Waals surface area contributed by atoms with Crippen LogP contribution in [-0.4, -0.2) is 41.1 Å². The number of anilines is 3. The molecule has 0 radical (unpaired) electrons. The minimum atomic E-state index is -0.475. The van der Waals surface area contributed by atoms with Gasteiger partial charge in [0.15, 0.2) is 0 Å². The van der Waals surface area contributed by atoms with Crippen molar-refractivity contribution in [3.8, 4) is 0 Å². The van der Waals surface area contributed by atoms with Gasteiger partial charge < -0.3 is 15.5 Å². The summed E-state index contributed by atoms with van der Waals surface area (Å²) < 4.78 is 0. The highest BCUT2D eigenvalue weighted by atomic mass is 16.6. The first-order valence-electron chi connectivity index (χ1n) is 6.98. The zero-order valence-electron chi connectivity index (χ0n) is 11.3. The van der Waals surface area contributed by atoms with Crippen LogP contribution in [0.25, 0.3) is 0 Å². The molecule has 1 aromatic heterocycles. The number of hydrogen-bond donors (Lipinski definition) is 1. The molecule has 0 spiro atoms. The van der Waals surface area contributed by atoms with Crippen LogP contribution in [0.1, 0.15) is 25.7 Å². The Balaban J connectivity index is 2.04. The minimum Gasteiger partial charge on any atom is -0.378 e. The van der Waals surface area contributed by atoms with E-state index in [1.54, 1.807) is 0 Å². The first kappa shape index (κ1) is 12.9. The van der Waals surface area contributed by atoms with Gasteiger partial charge in [0.1, 0.15) is 0 Å². The van der Waals surface area contributed by atoms with Gasteiger partial charge in [-0.3, -0.25) is 10.1 Å². The number of rotatable bonds is 3. The molecule has 20 heavy (non-hydrogen) atoms. The number of nitrogens with zero attached hydrogens (tertiary/aromatic N) is 5. The van der Waals surface area contributed by atoms with Crippen LogP contribution < -0.4 is 15.5 Å². The molecule has 2 saturated heterocycles. The molecular weight excluding hydrogens is 260 g/mol. The Morgan fingerprint density at radius 3 is 2.10 bits per heavy atom. The van der Waals surface area contributed by atoms with Crippen molar-refractivity contribution in [1.82, 2.24) is 9.97 Å². The zero-order valence-corrected chi connectivity index (χ0v) is 11.3. The summed E-state index contributed by atoms with van der Waals surface area (Å²) >= 11 is 0. The van der Waals surface area contributed by atoms with Crippen molar-refractivity contribution in [3.63, 3.8) is 0 Å². The van der Waals surface area contributed by atoms with Crippen molar-refractivity contribution >= 4 is 23.3 Å². The Morgan fingerprint density at radius 1 is 1.00 bits per heavy atom. The van der Waals surface area contributed by atoms with Crippen LogP contribution in [0.2, 0.25) is 0 Å². The molecule has 2 aliphatic heterocycles. The normalized spacial score (nSPS) is 18.8. The van der Waals surface area contributed by atoms with E-state index in [4.69, 9.17) is 5.73 Å². The second-order valence-electron chi connectivity index (χ2n) is 5.23. The number of nitrogen functional groups attached to an aromatic ring is 1. The minimum absolute atomic E-state index is 0.0335. The maximum absolute atomic E-state index is 11.2. The highest BCUT2D eigenvalue weighted by Crippen LogP contribution is 2.35. The van der Waals surface area contributed by atoms with Crippen molar-refractivity contribution in [3.05, 3.63) is 10.1 Å². The molecule has 0 amide bonds. The Labute approximate surface area is 116 Å². The molecule has 3 rings (SSSR count). The second-order valence-corrected chi connectivity index (χ2v) is 5.23.